The molecule has 2 rings (SSSR count). The van der Waals surface area contributed by atoms with Gasteiger partial charge in [0.15, 0.2) is 5.11 Å². The summed E-state index contributed by atoms with van der Waals surface area (Å²) < 4.78 is 10.3. The third-order valence-corrected chi connectivity index (χ3v) is 4.87. The number of nitrogens with one attached hydrogen (secondary N) is 2. The van der Waals surface area contributed by atoms with Crippen molar-refractivity contribution in [3.05, 3.63) is 24.3 Å². The van der Waals surface area contributed by atoms with Gasteiger partial charge in [0.25, 0.3) is 0 Å². The van der Waals surface area contributed by atoms with Crippen molar-refractivity contribution in [2.45, 2.75) is 51.4 Å². The Morgan fingerprint density at radius 3 is 2.48 bits per heavy atom. The first-order chi connectivity index (χ1) is 13.1. The molecule has 0 saturated heterocycles. The van der Waals surface area contributed by atoms with Crippen LogP contribution in [0.5, 0.6) is 5.75 Å². The van der Waals surface area contributed by atoms with Crippen LogP contribution >= 0.6 is 12.2 Å². The highest BCUT2D eigenvalue weighted by molar-refractivity contribution is 7.80. The molecule has 0 bridgehead atoms. The van der Waals surface area contributed by atoms with Crippen molar-refractivity contribution in [3.63, 3.8) is 0 Å². The van der Waals surface area contributed by atoms with Crippen LogP contribution in [0, 0.1) is 5.92 Å². The fraction of sp³-hybridized carbons (Fsp3) is 0.550. The molecule has 1 saturated carbocycles. The topological polar surface area (TPSA) is 76.7 Å². The minimum absolute atomic E-state index is 0.0256. The number of carbonyl (C=O) groups excluding carboxylic acids is 2. The van der Waals surface area contributed by atoms with Gasteiger partial charge < -0.3 is 20.1 Å². The quantitative estimate of drug-likeness (QED) is 0.518. The van der Waals surface area contributed by atoms with Crippen LogP contribution in [0.4, 0.5) is 5.69 Å². The molecule has 27 heavy (non-hydrogen) atoms. The Labute approximate surface area is 166 Å². The molecule has 0 aromatic heterocycles. The van der Waals surface area contributed by atoms with Gasteiger partial charge >= 0.3 is 5.97 Å². The maximum absolute atomic E-state index is 11.7. The van der Waals surface area contributed by atoms with Gasteiger partial charge in [0, 0.05) is 12.1 Å². The average Bonchev–Trinajstić information content (AvgIpc) is 2.68. The second kappa shape index (κ2) is 11.5. The zero-order valence-electron chi connectivity index (χ0n) is 15.8. The van der Waals surface area contributed by atoms with Gasteiger partial charge in [-0.05, 0) is 48.8 Å². The Balaban J connectivity index is 1.67. The van der Waals surface area contributed by atoms with Gasteiger partial charge in [-0.3, -0.25) is 9.59 Å². The number of benzene rings is 1. The second-order valence-electron chi connectivity index (χ2n) is 6.74. The lowest BCUT2D eigenvalue weighted by atomic mass is 9.87. The highest BCUT2D eigenvalue weighted by atomic mass is 32.1. The van der Waals surface area contributed by atoms with Gasteiger partial charge in [0.05, 0.1) is 20.1 Å². The normalized spacial score (nSPS) is 14.3. The van der Waals surface area contributed by atoms with E-state index in [1.165, 1.54) is 39.2 Å². The Morgan fingerprint density at radius 2 is 1.81 bits per heavy atom. The second-order valence-corrected chi connectivity index (χ2v) is 7.15. The first-order valence-electron chi connectivity index (χ1n) is 9.47. The number of anilines is 1. The molecule has 0 atom stereocenters. The van der Waals surface area contributed by atoms with Crippen molar-refractivity contribution in [2.24, 2.45) is 5.92 Å². The maximum atomic E-state index is 11.7. The number of hydrogen-bond donors (Lipinski definition) is 2. The summed E-state index contributed by atoms with van der Waals surface area (Å²) >= 11 is 5.11. The Kier molecular flexibility index (Phi) is 9.04. The lowest BCUT2D eigenvalue weighted by Gasteiger charge is -2.21. The van der Waals surface area contributed by atoms with Crippen molar-refractivity contribution in [1.29, 1.82) is 0 Å². The van der Waals surface area contributed by atoms with E-state index >= 15 is 0 Å². The molecule has 1 aromatic rings. The molecule has 1 amide bonds. The molecule has 148 valence electrons. The van der Waals surface area contributed by atoms with Crippen molar-refractivity contribution in [1.82, 2.24) is 5.32 Å². The van der Waals surface area contributed by atoms with Crippen LogP contribution in [-0.4, -0.2) is 30.7 Å². The van der Waals surface area contributed by atoms with E-state index in [0.717, 1.165) is 30.4 Å². The van der Waals surface area contributed by atoms with Gasteiger partial charge in [-0.25, -0.2) is 0 Å². The van der Waals surface area contributed by atoms with Crippen molar-refractivity contribution < 1.29 is 19.1 Å². The fourth-order valence-corrected chi connectivity index (χ4v) is 3.35. The first-order valence-corrected chi connectivity index (χ1v) is 9.88. The van der Waals surface area contributed by atoms with E-state index in [2.05, 4.69) is 15.4 Å². The van der Waals surface area contributed by atoms with Gasteiger partial charge in [-0.15, -0.1) is 0 Å². The molecule has 1 aromatic carbocycles. The number of esters is 1. The van der Waals surface area contributed by atoms with Crippen LogP contribution in [0.15, 0.2) is 24.3 Å². The number of rotatable bonds is 8. The third kappa shape index (κ3) is 8.39. The van der Waals surface area contributed by atoms with Gasteiger partial charge in [-0.1, -0.05) is 32.1 Å². The molecule has 0 aliphatic heterocycles. The monoisotopic (exact) mass is 392 g/mol. The van der Waals surface area contributed by atoms with Gasteiger partial charge in [-0.2, -0.15) is 0 Å². The van der Waals surface area contributed by atoms with Crippen LogP contribution in [0.3, 0.4) is 0 Å². The van der Waals surface area contributed by atoms with Crippen LogP contribution < -0.4 is 15.4 Å². The minimum Gasteiger partial charge on any atom is -0.494 e. The smallest absolute Gasteiger partial charge is 0.306 e. The molecule has 1 aliphatic carbocycles. The summed E-state index contributed by atoms with van der Waals surface area (Å²) in [5.74, 6) is 0.868. The number of amides is 1. The van der Waals surface area contributed by atoms with Crippen LogP contribution in [0.2, 0.25) is 0 Å². The lowest BCUT2D eigenvalue weighted by Crippen LogP contribution is -2.34. The summed E-state index contributed by atoms with van der Waals surface area (Å²) in [5, 5.41) is 5.66. The average molecular weight is 393 g/mol. The van der Waals surface area contributed by atoms with E-state index in [0.29, 0.717) is 0 Å². The van der Waals surface area contributed by atoms with Crippen LogP contribution in [0.25, 0.3) is 0 Å². The standard InChI is InChI=1S/C20H28N2O4S/c1-25-19(24)12-11-18(23)22-20(27)21-16-7-9-17(10-8-16)26-14-13-15-5-3-2-4-6-15/h7-10,15H,2-6,11-14H2,1H3,(H2,21,22,23,27). The molecule has 0 spiro atoms. The number of ether oxygens (including phenoxy) is 2. The van der Waals surface area contributed by atoms with Crippen LogP contribution in [0.1, 0.15) is 51.4 Å². The van der Waals surface area contributed by atoms with E-state index in [4.69, 9.17) is 17.0 Å². The zero-order valence-corrected chi connectivity index (χ0v) is 16.6. The zero-order chi connectivity index (χ0) is 19.5. The predicted octanol–water partition coefficient (Wildman–Crippen LogP) is 3.80. The summed E-state index contributed by atoms with van der Waals surface area (Å²) in [6, 6.07) is 7.46. The number of thiocarbonyl (C=S) groups is 1. The van der Waals surface area contributed by atoms with E-state index in [1.807, 2.05) is 24.3 Å². The molecule has 1 aliphatic rings. The van der Waals surface area contributed by atoms with Gasteiger partial charge in [0.2, 0.25) is 5.91 Å². The molecule has 0 heterocycles. The predicted molar refractivity (Wildman–Crippen MR) is 109 cm³/mol. The summed E-state index contributed by atoms with van der Waals surface area (Å²) in [6.07, 6.45) is 7.90. The number of hydrogen-bond acceptors (Lipinski definition) is 5. The molecule has 7 heteroatoms. The highest BCUT2D eigenvalue weighted by Gasteiger charge is 2.13. The molecule has 2 N–H and O–H groups in total. The van der Waals surface area contributed by atoms with Crippen molar-refractivity contribution >= 4 is 34.9 Å². The van der Waals surface area contributed by atoms with E-state index < -0.39 is 5.97 Å². The van der Waals surface area contributed by atoms with E-state index in [9.17, 15) is 9.59 Å². The Hall–Kier alpha value is -2.15. The Bertz CT molecular complexity index is 627. The molecular formula is C20H28N2O4S. The van der Waals surface area contributed by atoms with Crippen molar-refractivity contribution in [2.75, 3.05) is 19.0 Å². The first kappa shape index (κ1) is 21.2. The molecular weight excluding hydrogens is 364 g/mol. The maximum Gasteiger partial charge on any atom is 0.306 e. The largest absolute Gasteiger partial charge is 0.494 e. The molecule has 6 nitrogen and oxygen atoms in total. The number of carbonyl (C=O) groups is 2. The van der Waals surface area contributed by atoms with E-state index in [1.54, 1.807) is 0 Å². The minimum atomic E-state index is -0.428. The molecule has 1 fully saturated rings. The van der Waals surface area contributed by atoms with Crippen LogP contribution in [-0.2, 0) is 14.3 Å². The van der Waals surface area contributed by atoms with E-state index in [-0.39, 0.29) is 23.9 Å². The SMILES string of the molecule is COC(=O)CCC(=O)NC(=S)Nc1ccc(OCCC2CCCCC2)cc1. The summed E-state index contributed by atoms with van der Waals surface area (Å²) in [6.45, 7) is 0.742. The summed E-state index contributed by atoms with van der Waals surface area (Å²) in [7, 11) is 1.29. The highest BCUT2D eigenvalue weighted by Crippen LogP contribution is 2.26. The Morgan fingerprint density at radius 1 is 1.11 bits per heavy atom. The summed E-state index contributed by atoms with van der Waals surface area (Å²) in [5.41, 5.74) is 0.757. The fourth-order valence-electron chi connectivity index (χ4n) is 3.12. The number of methoxy groups -OCH3 is 1. The molecule has 0 unspecified atom stereocenters. The summed E-state index contributed by atoms with van der Waals surface area (Å²) in [4.78, 5) is 22.7. The van der Waals surface area contributed by atoms with Gasteiger partial charge in [0.1, 0.15) is 5.75 Å². The van der Waals surface area contributed by atoms with Crippen molar-refractivity contribution in [3.8, 4) is 5.75 Å². The lowest BCUT2D eigenvalue weighted by molar-refractivity contribution is -0.142. The molecule has 0 radical (unpaired) electrons. The third-order valence-electron chi connectivity index (χ3n) is 4.67.